The zero-order valence-corrected chi connectivity index (χ0v) is 10.8. The summed E-state index contributed by atoms with van der Waals surface area (Å²) in [6.07, 6.45) is 3.97. The quantitative estimate of drug-likeness (QED) is 0.821. The van der Waals surface area contributed by atoms with Crippen LogP contribution in [0.1, 0.15) is 31.2 Å². The minimum atomic E-state index is -0.0317. The fourth-order valence-corrected chi connectivity index (χ4v) is 3.07. The topological polar surface area (TPSA) is 56.7 Å². The summed E-state index contributed by atoms with van der Waals surface area (Å²) < 4.78 is 1.77. The molecule has 3 rings (SSSR count). The minimum absolute atomic E-state index is 0.0317. The van der Waals surface area contributed by atoms with Crippen LogP contribution in [0.5, 0.6) is 0 Å². The number of hydrogen-bond acceptors (Lipinski definition) is 3. The van der Waals surface area contributed by atoms with Crippen LogP contribution in [-0.2, 0) is 12.5 Å². The predicted octanol–water partition coefficient (Wildman–Crippen LogP) is 2.11. The Labute approximate surface area is 107 Å². The van der Waals surface area contributed by atoms with E-state index in [-0.39, 0.29) is 5.41 Å². The summed E-state index contributed by atoms with van der Waals surface area (Å²) in [5.41, 5.74) is 7.92. The van der Waals surface area contributed by atoms with E-state index in [2.05, 4.69) is 29.1 Å². The van der Waals surface area contributed by atoms with Crippen LogP contribution in [0.3, 0.4) is 0 Å². The third-order valence-corrected chi connectivity index (χ3v) is 3.86. The molecule has 1 aliphatic carbocycles. The van der Waals surface area contributed by atoms with Crippen molar-refractivity contribution in [3.8, 4) is 0 Å². The molecule has 1 aromatic heterocycles. The van der Waals surface area contributed by atoms with Gasteiger partial charge in [0.25, 0.3) is 0 Å². The van der Waals surface area contributed by atoms with E-state index >= 15 is 0 Å². The average Bonchev–Trinajstić information content (AvgIpc) is 2.71. The molecule has 2 aromatic rings. The molecule has 0 bridgehead atoms. The van der Waals surface area contributed by atoms with Gasteiger partial charge < -0.3 is 5.73 Å². The molecule has 0 amide bonds. The van der Waals surface area contributed by atoms with Crippen molar-refractivity contribution in [1.29, 1.82) is 0 Å². The first-order chi connectivity index (χ1) is 8.60. The molecule has 18 heavy (non-hydrogen) atoms. The Morgan fingerprint density at radius 3 is 2.72 bits per heavy atom. The van der Waals surface area contributed by atoms with Gasteiger partial charge in [0.1, 0.15) is 6.33 Å². The highest BCUT2D eigenvalue weighted by Crippen LogP contribution is 2.51. The van der Waals surface area contributed by atoms with E-state index < -0.39 is 0 Å². The first-order valence-corrected chi connectivity index (χ1v) is 6.32. The molecule has 1 fully saturated rings. The number of aryl methyl sites for hydroxylation is 1. The van der Waals surface area contributed by atoms with Gasteiger partial charge in [0, 0.05) is 12.7 Å². The summed E-state index contributed by atoms with van der Waals surface area (Å²) in [6, 6.07) is 8.13. The molecule has 1 aliphatic rings. The van der Waals surface area contributed by atoms with Crippen molar-refractivity contribution in [3.63, 3.8) is 0 Å². The van der Waals surface area contributed by atoms with Gasteiger partial charge in [0.15, 0.2) is 5.82 Å². The van der Waals surface area contributed by atoms with Gasteiger partial charge >= 0.3 is 0 Å². The molecule has 1 aromatic carbocycles. The van der Waals surface area contributed by atoms with Crippen LogP contribution in [0.15, 0.2) is 30.6 Å². The second-order valence-corrected chi connectivity index (χ2v) is 5.46. The molecule has 2 N–H and O–H groups in total. The molecule has 1 heterocycles. The van der Waals surface area contributed by atoms with E-state index in [1.807, 2.05) is 19.2 Å². The molecular formula is C14H18N4. The summed E-state index contributed by atoms with van der Waals surface area (Å²) in [5.74, 6) is 1.64. The third kappa shape index (κ3) is 1.60. The van der Waals surface area contributed by atoms with Crippen LogP contribution >= 0.6 is 0 Å². The molecule has 0 unspecified atom stereocenters. The van der Waals surface area contributed by atoms with E-state index in [0.29, 0.717) is 0 Å². The first kappa shape index (κ1) is 11.3. The second kappa shape index (κ2) is 3.83. The van der Waals surface area contributed by atoms with E-state index in [0.717, 1.165) is 30.3 Å². The Kier molecular flexibility index (Phi) is 2.40. The summed E-state index contributed by atoms with van der Waals surface area (Å²) in [5, 5.41) is 4.51. The highest BCUT2D eigenvalue weighted by atomic mass is 15.3. The zero-order valence-electron chi connectivity index (χ0n) is 10.8. The van der Waals surface area contributed by atoms with E-state index in [4.69, 9.17) is 5.73 Å². The van der Waals surface area contributed by atoms with Gasteiger partial charge in [-0.1, -0.05) is 19.1 Å². The van der Waals surface area contributed by atoms with E-state index in [1.165, 1.54) is 5.56 Å². The van der Waals surface area contributed by atoms with Gasteiger partial charge in [0.2, 0.25) is 0 Å². The molecular weight excluding hydrogens is 224 g/mol. The molecule has 0 spiro atoms. The Balaban J connectivity index is 2.08. The molecule has 0 radical (unpaired) electrons. The fourth-order valence-electron chi connectivity index (χ4n) is 3.07. The van der Waals surface area contributed by atoms with Crippen molar-refractivity contribution in [1.82, 2.24) is 14.8 Å². The summed E-state index contributed by atoms with van der Waals surface area (Å²) in [6.45, 7) is 2.27. The molecule has 0 saturated heterocycles. The van der Waals surface area contributed by atoms with Gasteiger partial charge in [-0.2, -0.15) is 5.10 Å². The fraction of sp³-hybridized carbons (Fsp3) is 0.429. The largest absolute Gasteiger partial charge is 0.399 e. The number of benzene rings is 1. The van der Waals surface area contributed by atoms with Gasteiger partial charge in [-0.3, -0.25) is 4.68 Å². The van der Waals surface area contributed by atoms with Crippen LogP contribution in [0.4, 0.5) is 5.69 Å². The second-order valence-electron chi connectivity index (χ2n) is 5.46. The van der Waals surface area contributed by atoms with E-state index in [1.54, 1.807) is 11.0 Å². The van der Waals surface area contributed by atoms with Crippen LogP contribution in [0.25, 0.3) is 0 Å². The highest BCUT2D eigenvalue weighted by Gasteiger charge is 2.47. The number of hydrogen-bond donors (Lipinski definition) is 1. The third-order valence-electron chi connectivity index (χ3n) is 3.86. The van der Waals surface area contributed by atoms with Gasteiger partial charge in [-0.05, 0) is 36.5 Å². The Hall–Kier alpha value is -1.84. The Bertz CT molecular complexity index is 567. The first-order valence-electron chi connectivity index (χ1n) is 6.32. The van der Waals surface area contributed by atoms with Crippen LogP contribution in [-0.4, -0.2) is 14.8 Å². The molecule has 1 saturated carbocycles. The van der Waals surface area contributed by atoms with Crippen molar-refractivity contribution >= 4 is 5.69 Å². The van der Waals surface area contributed by atoms with Crippen LogP contribution < -0.4 is 5.73 Å². The lowest BCUT2D eigenvalue weighted by Gasteiger charge is -2.45. The number of nitrogen functional groups attached to an aromatic ring is 1. The number of nitrogens with two attached hydrogens (primary N) is 1. The molecule has 0 atom stereocenters. The van der Waals surface area contributed by atoms with Crippen molar-refractivity contribution in [2.75, 3.05) is 5.73 Å². The minimum Gasteiger partial charge on any atom is -0.399 e. The van der Waals surface area contributed by atoms with Crippen LogP contribution in [0.2, 0.25) is 0 Å². The van der Waals surface area contributed by atoms with Crippen molar-refractivity contribution in [2.24, 2.45) is 13.0 Å². The van der Waals surface area contributed by atoms with Gasteiger partial charge in [-0.25, -0.2) is 4.98 Å². The lowest BCUT2D eigenvalue weighted by Crippen LogP contribution is -2.42. The molecule has 0 aliphatic heterocycles. The van der Waals surface area contributed by atoms with Crippen LogP contribution in [0, 0.1) is 5.92 Å². The molecule has 4 heteroatoms. The van der Waals surface area contributed by atoms with Crippen molar-refractivity contribution < 1.29 is 0 Å². The monoisotopic (exact) mass is 242 g/mol. The standard InChI is InChI=1S/C14H18N4/c1-10-7-14(8-10,13-16-9-18(2)17-13)11-4-3-5-12(15)6-11/h3-6,9-10H,7-8,15H2,1-2H3. The Morgan fingerprint density at radius 1 is 1.39 bits per heavy atom. The highest BCUT2D eigenvalue weighted by molar-refractivity contribution is 5.47. The summed E-state index contributed by atoms with van der Waals surface area (Å²) in [4.78, 5) is 4.46. The summed E-state index contributed by atoms with van der Waals surface area (Å²) in [7, 11) is 1.91. The number of nitrogens with zero attached hydrogens (tertiary/aromatic N) is 3. The SMILES string of the molecule is CC1CC(c2cccc(N)c2)(c2ncn(C)n2)C1. The summed E-state index contributed by atoms with van der Waals surface area (Å²) >= 11 is 0. The molecule has 94 valence electrons. The Morgan fingerprint density at radius 2 is 2.17 bits per heavy atom. The van der Waals surface area contributed by atoms with Gasteiger partial charge in [0.05, 0.1) is 5.41 Å². The lowest BCUT2D eigenvalue weighted by atomic mass is 9.58. The number of aromatic nitrogens is 3. The number of rotatable bonds is 2. The predicted molar refractivity (Wildman–Crippen MR) is 71.0 cm³/mol. The normalized spacial score (nSPS) is 26.9. The van der Waals surface area contributed by atoms with E-state index in [9.17, 15) is 0 Å². The number of anilines is 1. The maximum atomic E-state index is 5.91. The lowest BCUT2D eigenvalue weighted by molar-refractivity contribution is 0.189. The molecule has 4 nitrogen and oxygen atoms in total. The maximum Gasteiger partial charge on any atom is 0.161 e. The zero-order chi connectivity index (χ0) is 12.8. The van der Waals surface area contributed by atoms with Crippen molar-refractivity contribution in [2.45, 2.75) is 25.2 Å². The van der Waals surface area contributed by atoms with Crippen molar-refractivity contribution in [3.05, 3.63) is 42.0 Å². The van der Waals surface area contributed by atoms with Gasteiger partial charge in [-0.15, -0.1) is 0 Å². The smallest absolute Gasteiger partial charge is 0.161 e. The maximum absolute atomic E-state index is 5.91. The average molecular weight is 242 g/mol.